The van der Waals surface area contributed by atoms with Gasteiger partial charge in [0.1, 0.15) is 0 Å². The summed E-state index contributed by atoms with van der Waals surface area (Å²) in [6, 6.07) is 0. The first kappa shape index (κ1) is 14.7. The Morgan fingerprint density at radius 2 is 1.87 bits per heavy atom. The van der Waals surface area contributed by atoms with Crippen LogP contribution in [0.4, 0.5) is 0 Å². The Bertz CT molecular complexity index is 235. The molecule has 0 heterocycles. The topological polar surface area (TPSA) is 29.5 Å². The van der Waals surface area contributed by atoms with Gasteiger partial charge in [-0.15, -0.1) is 12.3 Å². The fraction of sp³-hybridized carbons (Fsp3) is 0.833. The number of aliphatic hydroxyl groups excluding tert-OH is 1. The van der Waals surface area contributed by atoms with Crippen LogP contribution in [0, 0.1) is 12.3 Å². The third-order valence-electron chi connectivity index (χ3n) is 3.16. The van der Waals surface area contributed by atoms with E-state index in [0.29, 0.717) is 6.42 Å². The lowest BCUT2D eigenvalue weighted by Crippen LogP contribution is -2.46. The molecule has 0 aromatic rings. The lowest BCUT2D eigenvalue weighted by molar-refractivity contribution is 0.0423. The van der Waals surface area contributed by atoms with Crippen molar-refractivity contribution in [3.8, 4) is 12.3 Å². The van der Waals surface area contributed by atoms with Crippen molar-refractivity contribution >= 4 is 8.32 Å². The van der Waals surface area contributed by atoms with Crippen molar-refractivity contribution in [2.75, 3.05) is 0 Å². The molecule has 0 aromatic carbocycles. The second-order valence-electron chi connectivity index (χ2n) is 5.56. The van der Waals surface area contributed by atoms with Crippen LogP contribution in [-0.4, -0.2) is 25.6 Å². The number of terminal acetylenes is 1. The molecule has 0 amide bonds. The molecule has 0 aliphatic heterocycles. The Morgan fingerprint density at radius 1 is 1.40 bits per heavy atom. The van der Waals surface area contributed by atoms with Crippen LogP contribution < -0.4 is 0 Å². The maximum absolute atomic E-state index is 9.70. The number of hydrogen-bond acceptors (Lipinski definition) is 2. The highest BCUT2D eigenvalue weighted by Gasteiger charge is 2.39. The smallest absolute Gasteiger partial charge is 0.192 e. The summed E-state index contributed by atoms with van der Waals surface area (Å²) in [7, 11) is -1.79. The highest BCUT2D eigenvalue weighted by molar-refractivity contribution is 6.74. The molecule has 0 aliphatic rings. The van der Waals surface area contributed by atoms with Crippen LogP contribution in [0.5, 0.6) is 0 Å². The summed E-state index contributed by atoms with van der Waals surface area (Å²) in [6.07, 6.45) is 4.79. The molecule has 3 heteroatoms. The summed E-state index contributed by atoms with van der Waals surface area (Å²) in [5.41, 5.74) is 0. The maximum atomic E-state index is 9.70. The normalized spacial score (nSPS) is 16.9. The van der Waals surface area contributed by atoms with Gasteiger partial charge < -0.3 is 9.53 Å². The van der Waals surface area contributed by atoms with Crippen molar-refractivity contribution < 1.29 is 9.53 Å². The Labute approximate surface area is 95.2 Å². The van der Waals surface area contributed by atoms with Gasteiger partial charge in [-0.3, -0.25) is 0 Å². The molecule has 2 atom stereocenters. The fourth-order valence-electron chi connectivity index (χ4n) is 1.01. The first-order chi connectivity index (χ1) is 6.62. The van der Waals surface area contributed by atoms with E-state index in [9.17, 15) is 5.11 Å². The summed E-state index contributed by atoms with van der Waals surface area (Å²) in [4.78, 5) is 0. The van der Waals surface area contributed by atoms with E-state index in [2.05, 4.69) is 39.8 Å². The molecular weight excluding hydrogens is 204 g/mol. The van der Waals surface area contributed by atoms with Gasteiger partial charge >= 0.3 is 0 Å². The first-order valence-corrected chi connectivity index (χ1v) is 8.32. The number of hydrogen-bond donors (Lipinski definition) is 1. The molecule has 0 saturated heterocycles. The second-order valence-corrected chi connectivity index (χ2v) is 10.3. The van der Waals surface area contributed by atoms with Crippen molar-refractivity contribution in [1.82, 2.24) is 0 Å². The van der Waals surface area contributed by atoms with E-state index >= 15 is 0 Å². The predicted octanol–water partition coefficient (Wildman–Crippen LogP) is 2.78. The highest BCUT2D eigenvalue weighted by Crippen LogP contribution is 2.37. The molecule has 15 heavy (non-hydrogen) atoms. The van der Waals surface area contributed by atoms with E-state index in [0.717, 1.165) is 0 Å². The van der Waals surface area contributed by atoms with Crippen LogP contribution in [0.2, 0.25) is 18.1 Å². The van der Waals surface area contributed by atoms with Crippen molar-refractivity contribution in [3.63, 3.8) is 0 Å². The van der Waals surface area contributed by atoms with E-state index < -0.39 is 14.4 Å². The minimum absolute atomic E-state index is 0.164. The monoisotopic (exact) mass is 228 g/mol. The molecule has 88 valence electrons. The zero-order valence-electron chi connectivity index (χ0n) is 10.8. The zero-order chi connectivity index (χ0) is 12.3. The van der Waals surface area contributed by atoms with Crippen molar-refractivity contribution in [2.45, 2.75) is 64.5 Å². The van der Waals surface area contributed by atoms with Gasteiger partial charge in [-0.25, -0.2) is 0 Å². The summed E-state index contributed by atoms with van der Waals surface area (Å²) >= 11 is 0. The molecule has 0 radical (unpaired) electrons. The van der Waals surface area contributed by atoms with Crippen molar-refractivity contribution in [1.29, 1.82) is 0 Å². The molecule has 0 unspecified atom stereocenters. The van der Waals surface area contributed by atoms with Gasteiger partial charge in [-0.1, -0.05) is 20.8 Å². The highest BCUT2D eigenvalue weighted by atomic mass is 28.4. The summed E-state index contributed by atoms with van der Waals surface area (Å²) in [6.45, 7) is 12.8. The first-order valence-electron chi connectivity index (χ1n) is 5.41. The molecule has 0 aliphatic carbocycles. The van der Waals surface area contributed by atoms with E-state index in [4.69, 9.17) is 10.8 Å². The molecule has 0 spiro atoms. The average molecular weight is 228 g/mol. The lowest BCUT2D eigenvalue weighted by atomic mass is 10.2. The number of rotatable bonds is 4. The summed E-state index contributed by atoms with van der Waals surface area (Å²) in [5.74, 6) is 2.46. The summed E-state index contributed by atoms with van der Waals surface area (Å²) in [5, 5.41) is 9.87. The quantitative estimate of drug-likeness (QED) is 0.592. The summed E-state index contributed by atoms with van der Waals surface area (Å²) < 4.78 is 6.01. The SMILES string of the molecule is C#CC[C@@H](O)[C@H](C)O[Si](C)(C)C(C)(C)C. The Balaban J connectivity index is 4.41. The van der Waals surface area contributed by atoms with E-state index in [1.807, 2.05) is 6.92 Å². The minimum atomic E-state index is -1.79. The van der Waals surface area contributed by atoms with Gasteiger partial charge in [0.05, 0.1) is 12.2 Å². The van der Waals surface area contributed by atoms with Crippen LogP contribution in [0.3, 0.4) is 0 Å². The minimum Gasteiger partial charge on any atom is -0.412 e. The van der Waals surface area contributed by atoms with Crippen LogP contribution in [0.25, 0.3) is 0 Å². The molecule has 2 nitrogen and oxygen atoms in total. The van der Waals surface area contributed by atoms with Gasteiger partial charge in [-0.05, 0) is 25.1 Å². The third kappa shape index (κ3) is 4.37. The van der Waals surface area contributed by atoms with Crippen molar-refractivity contribution in [2.24, 2.45) is 0 Å². The van der Waals surface area contributed by atoms with Gasteiger partial charge in [0.15, 0.2) is 8.32 Å². The van der Waals surface area contributed by atoms with E-state index in [-0.39, 0.29) is 11.1 Å². The van der Waals surface area contributed by atoms with E-state index in [1.54, 1.807) is 0 Å². The molecular formula is C12H24O2Si. The standard InChI is InChI=1S/C12H24O2Si/c1-8-9-11(13)10(2)14-15(6,7)12(3,4)5/h1,10-11,13H,9H2,2-7H3/t10-,11+/m0/s1. The van der Waals surface area contributed by atoms with Gasteiger partial charge in [0.25, 0.3) is 0 Å². The Kier molecular flexibility index (Phi) is 5.05. The molecule has 0 saturated carbocycles. The maximum Gasteiger partial charge on any atom is 0.192 e. The van der Waals surface area contributed by atoms with Crippen LogP contribution in [-0.2, 0) is 4.43 Å². The van der Waals surface area contributed by atoms with Crippen molar-refractivity contribution in [3.05, 3.63) is 0 Å². The van der Waals surface area contributed by atoms with Gasteiger partial charge in [-0.2, -0.15) is 0 Å². The fourth-order valence-corrected chi connectivity index (χ4v) is 2.45. The zero-order valence-corrected chi connectivity index (χ0v) is 11.8. The molecule has 0 fully saturated rings. The molecule has 0 aromatic heterocycles. The van der Waals surface area contributed by atoms with E-state index in [1.165, 1.54) is 0 Å². The molecule has 0 rings (SSSR count). The molecule has 1 N–H and O–H groups in total. The largest absolute Gasteiger partial charge is 0.412 e. The van der Waals surface area contributed by atoms with Gasteiger partial charge in [0, 0.05) is 6.42 Å². The van der Waals surface area contributed by atoms with Crippen LogP contribution >= 0.6 is 0 Å². The third-order valence-corrected chi connectivity index (χ3v) is 7.73. The Morgan fingerprint density at radius 3 is 2.20 bits per heavy atom. The lowest BCUT2D eigenvalue weighted by Gasteiger charge is -2.39. The average Bonchev–Trinajstić information content (AvgIpc) is 2.01. The van der Waals surface area contributed by atoms with Gasteiger partial charge in [0.2, 0.25) is 0 Å². The molecule has 0 bridgehead atoms. The predicted molar refractivity (Wildman–Crippen MR) is 67.2 cm³/mol. The van der Waals surface area contributed by atoms with Crippen LogP contribution in [0.1, 0.15) is 34.1 Å². The van der Waals surface area contributed by atoms with Crippen LogP contribution in [0.15, 0.2) is 0 Å². The second kappa shape index (κ2) is 5.15. The Hall–Kier alpha value is -0.303. The number of aliphatic hydroxyl groups is 1.